The molecule has 0 amide bonds. The number of hydrogen-bond acceptors (Lipinski definition) is 2. The quantitative estimate of drug-likeness (QED) is 0.459. The van der Waals surface area contributed by atoms with Crippen LogP contribution < -0.4 is 4.74 Å². The van der Waals surface area contributed by atoms with Crippen molar-refractivity contribution in [3.8, 4) is 5.75 Å². The van der Waals surface area contributed by atoms with Crippen molar-refractivity contribution in [2.45, 2.75) is 65.3 Å². The molecule has 2 aromatic carbocycles. The van der Waals surface area contributed by atoms with E-state index in [2.05, 4.69) is 87.7 Å². The second kappa shape index (κ2) is 8.16. The first-order chi connectivity index (χ1) is 12.9. The molecule has 1 heterocycles. The van der Waals surface area contributed by atoms with Crippen LogP contribution in [0.5, 0.6) is 5.75 Å². The van der Waals surface area contributed by atoms with E-state index in [1.807, 2.05) is 0 Å². The Hall–Kier alpha value is -2.29. The van der Waals surface area contributed by atoms with E-state index in [4.69, 9.17) is 9.72 Å². The first-order valence-electron chi connectivity index (χ1n) is 10.1. The summed E-state index contributed by atoms with van der Waals surface area (Å²) in [5, 5.41) is 0. The molecule has 3 heteroatoms. The summed E-state index contributed by atoms with van der Waals surface area (Å²) in [6.45, 7) is 12.8. The smallest absolute Gasteiger partial charge is 0.119 e. The van der Waals surface area contributed by atoms with Crippen molar-refractivity contribution in [1.82, 2.24) is 9.55 Å². The van der Waals surface area contributed by atoms with Crippen molar-refractivity contribution < 1.29 is 4.74 Å². The zero-order chi connectivity index (χ0) is 19.4. The Kier molecular flexibility index (Phi) is 5.88. The fraction of sp³-hybridized carbons (Fsp3) is 0.458. The SMILES string of the molecule is CCC(C)c1ccc(OCCCn2c(C(C)(C)C)nc3ccccc32)cc1. The van der Waals surface area contributed by atoms with E-state index in [-0.39, 0.29) is 5.41 Å². The number of fused-ring (bicyclic) bond motifs is 1. The van der Waals surface area contributed by atoms with Gasteiger partial charge in [0.1, 0.15) is 11.6 Å². The second-order valence-corrected chi connectivity index (χ2v) is 8.41. The van der Waals surface area contributed by atoms with Gasteiger partial charge < -0.3 is 9.30 Å². The molecule has 0 aliphatic carbocycles. The van der Waals surface area contributed by atoms with Crippen LogP contribution in [0.1, 0.15) is 64.8 Å². The molecular weight excluding hydrogens is 332 g/mol. The van der Waals surface area contributed by atoms with E-state index in [1.54, 1.807) is 0 Å². The lowest BCUT2D eigenvalue weighted by molar-refractivity contribution is 0.300. The van der Waals surface area contributed by atoms with Gasteiger partial charge in [0.15, 0.2) is 0 Å². The summed E-state index contributed by atoms with van der Waals surface area (Å²) in [6.07, 6.45) is 2.12. The number of rotatable bonds is 7. The molecular formula is C24H32N2O. The fourth-order valence-corrected chi connectivity index (χ4v) is 3.42. The third kappa shape index (κ3) is 4.52. The van der Waals surface area contributed by atoms with Crippen LogP contribution in [0.4, 0.5) is 0 Å². The van der Waals surface area contributed by atoms with Gasteiger partial charge in [-0.15, -0.1) is 0 Å². The molecule has 3 nitrogen and oxygen atoms in total. The van der Waals surface area contributed by atoms with Crippen LogP contribution in [0.3, 0.4) is 0 Å². The van der Waals surface area contributed by atoms with E-state index in [0.29, 0.717) is 12.5 Å². The maximum atomic E-state index is 5.98. The molecule has 0 N–H and O–H groups in total. The van der Waals surface area contributed by atoms with Crippen LogP contribution >= 0.6 is 0 Å². The molecule has 27 heavy (non-hydrogen) atoms. The molecule has 0 spiro atoms. The van der Waals surface area contributed by atoms with Crippen molar-refractivity contribution >= 4 is 11.0 Å². The molecule has 0 aliphatic heterocycles. The molecule has 0 saturated carbocycles. The summed E-state index contributed by atoms with van der Waals surface area (Å²) < 4.78 is 8.33. The molecule has 1 atom stereocenters. The topological polar surface area (TPSA) is 27.1 Å². The van der Waals surface area contributed by atoms with Gasteiger partial charge in [0.25, 0.3) is 0 Å². The van der Waals surface area contributed by atoms with E-state index in [9.17, 15) is 0 Å². The van der Waals surface area contributed by atoms with Gasteiger partial charge in [-0.25, -0.2) is 4.98 Å². The largest absolute Gasteiger partial charge is 0.494 e. The number of aromatic nitrogens is 2. The predicted molar refractivity (Wildman–Crippen MR) is 114 cm³/mol. The summed E-state index contributed by atoms with van der Waals surface area (Å²) in [6, 6.07) is 16.9. The maximum absolute atomic E-state index is 5.98. The first-order valence-corrected chi connectivity index (χ1v) is 10.1. The number of imidazole rings is 1. The predicted octanol–water partition coefficient (Wildman–Crippen LogP) is 6.32. The lowest BCUT2D eigenvalue weighted by Crippen LogP contribution is -2.19. The van der Waals surface area contributed by atoms with Crippen molar-refractivity contribution in [2.75, 3.05) is 6.61 Å². The zero-order valence-electron chi connectivity index (χ0n) is 17.3. The molecule has 0 saturated heterocycles. The van der Waals surface area contributed by atoms with Crippen LogP contribution in [-0.2, 0) is 12.0 Å². The summed E-state index contributed by atoms with van der Waals surface area (Å²) >= 11 is 0. The molecule has 0 bridgehead atoms. The maximum Gasteiger partial charge on any atom is 0.119 e. The minimum atomic E-state index is 0.0195. The Labute approximate surface area is 163 Å². The number of nitrogens with zero attached hydrogens (tertiary/aromatic N) is 2. The Morgan fingerprint density at radius 1 is 1.04 bits per heavy atom. The first kappa shape index (κ1) is 19.5. The van der Waals surface area contributed by atoms with Crippen LogP contribution in [0.25, 0.3) is 11.0 Å². The van der Waals surface area contributed by atoms with Crippen LogP contribution in [0.15, 0.2) is 48.5 Å². The van der Waals surface area contributed by atoms with Gasteiger partial charge in [0.2, 0.25) is 0 Å². The highest BCUT2D eigenvalue weighted by atomic mass is 16.5. The van der Waals surface area contributed by atoms with Crippen molar-refractivity contribution in [2.24, 2.45) is 0 Å². The van der Waals surface area contributed by atoms with Gasteiger partial charge in [0.05, 0.1) is 17.6 Å². The lowest BCUT2D eigenvalue weighted by atomic mass is 9.95. The van der Waals surface area contributed by atoms with Crippen molar-refractivity contribution in [1.29, 1.82) is 0 Å². The third-order valence-corrected chi connectivity index (χ3v) is 5.18. The highest BCUT2D eigenvalue weighted by Gasteiger charge is 2.22. The lowest BCUT2D eigenvalue weighted by Gasteiger charge is -2.20. The Bertz CT molecular complexity index is 872. The normalized spacial score (nSPS) is 13.1. The molecule has 1 unspecified atom stereocenters. The van der Waals surface area contributed by atoms with E-state index < -0.39 is 0 Å². The zero-order valence-corrected chi connectivity index (χ0v) is 17.3. The number of ether oxygens (including phenoxy) is 1. The number of hydrogen-bond donors (Lipinski definition) is 0. The van der Waals surface area contributed by atoms with Crippen molar-refractivity contribution in [3.05, 3.63) is 59.9 Å². The second-order valence-electron chi connectivity index (χ2n) is 8.41. The molecule has 3 rings (SSSR count). The van der Waals surface area contributed by atoms with Crippen LogP contribution in [-0.4, -0.2) is 16.2 Å². The molecule has 0 fully saturated rings. The summed E-state index contributed by atoms with van der Waals surface area (Å²) in [7, 11) is 0. The molecule has 144 valence electrons. The highest BCUT2D eigenvalue weighted by molar-refractivity contribution is 5.76. The average molecular weight is 365 g/mol. The van der Waals surface area contributed by atoms with Gasteiger partial charge in [0, 0.05) is 12.0 Å². The van der Waals surface area contributed by atoms with Gasteiger partial charge >= 0.3 is 0 Å². The van der Waals surface area contributed by atoms with Gasteiger partial charge in [-0.3, -0.25) is 0 Å². The van der Waals surface area contributed by atoms with E-state index in [1.165, 1.54) is 11.1 Å². The van der Waals surface area contributed by atoms with Gasteiger partial charge in [-0.1, -0.05) is 58.9 Å². The molecule has 3 aromatic rings. The summed E-state index contributed by atoms with van der Waals surface area (Å²) in [5.74, 6) is 2.69. The Morgan fingerprint density at radius 2 is 1.74 bits per heavy atom. The van der Waals surface area contributed by atoms with Crippen molar-refractivity contribution in [3.63, 3.8) is 0 Å². The fourth-order valence-electron chi connectivity index (χ4n) is 3.42. The summed E-state index contributed by atoms with van der Waals surface area (Å²) in [4.78, 5) is 4.88. The van der Waals surface area contributed by atoms with Crippen LogP contribution in [0, 0.1) is 0 Å². The molecule has 0 radical (unpaired) electrons. The highest BCUT2D eigenvalue weighted by Crippen LogP contribution is 2.27. The Morgan fingerprint density at radius 3 is 2.41 bits per heavy atom. The summed E-state index contributed by atoms with van der Waals surface area (Å²) in [5.41, 5.74) is 3.68. The molecule has 1 aromatic heterocycles. The van der Waals surface area contributed by atoms with Gasteiger partial charge in [-0.05, 0) is 48.6 Å². The Balaban J connectivity index is 1.64. The standard InChI is InChI=1S/C24H32N2O/c1-6-18(2)19-12-14-20(15-13-19)27-17-9-16-26-22-11-8-7-10-21(22)25-23(26)24(3,4)5/h7-8,10-15,18H,6,9,16-17H2,1-5H3. The van der Waals surface area contributed by atoms with E-state index >= 15 is 0 Å². The number of para-hydroxylation sites is 2. The van der Waals surface area contributed by atoms with Crippen LogP contribution in [0.2, 0.25) is 0 Å². The monoisotopic (exact) mass is 364 g/mol. The average Bonchev–Trinajstić information content (AvgIpc) is 3.04. The number of aryl methyl sites for hydroxylation is 1. The minimum absolute atomic E-state index is 0.0195. The number of benzene rings is 2. The molecule has 0 aliphatic rings. The van der Waals surface area contributed by atoms with Gasteiger partial charge in [-0.2, -0.15) is 0 Å². The third-order valence-electron chi connectivity index (χ3n) is 5.18. The minimum Gasteiger partial charge on any atom is -0.494 e. The van der Waals surface area contributed by atoms with E-state index in [0.717, 1.165) is 36.5 Å².